The molecule has 2 atom stereocenters. The predicted octanol–water partition coefficient (Wildman–Crippen LogP) is 2.55. The van der Waals surface area contributed by atoms with E-state index in [0.29, 0.717) is 6.42 Å². The van der Waals surface area contributed by atoms with Crippen LogP contribution in [0.25, 0.3) is 0 Å². The number of ether oxygens (including phenoxy) is 1. The molecule has 0 aromatic rings. The number of esters is 1. The van der Waals surface area contributed by atoms with Crippen molar-refractivity contribution in [2.45, 2.75) is 89.3 Å². The Hall–Kier alpha value is -0.650. The van der Waals surface area contributed by atoms with Gasteiger partial charge in [-0.3, -0.25) is 0 Å². The summed E-state index contributed by atoms with van der Waals surface area (Å²) in [5.41, 5.74) is 0. The molecular formula is C17H34O5. The van der Waals surface area contributed by atoms with Crippen molar-refractivity contribution in [1.82, 2.24) is 0 Å². The molecule has 0 spiro atoms. The highest BCUT2D eigenvalue weighted by Gasteiger charge is 2.14. The van der Waals surface area contributed by atoms with Crippen LogP contribution in [0.5, 0.6) is 0 Å². The molecule has 0 aliphatic carbocycles. The molecule has 0 heterocycles. The molecule has 0 aliphatic heterocycles. The fourth-order valence-electron chi connectivity index (χ4n) is 2.49. The van der Waals surface area contributed by atoms with Crippen LogP contribution in [-0.4, -0.2) is 47.2 Å². The second-order valence-corrected chi connectivity index (χ2v) is 5.96. The van der Waals surface area contributed by atoms with E-state index in [-0.39, 0.29) is 12.7 Å². The van der Waals surface area contributed by atoms with Crippen LogP contribution >= 0.6 is 0 Å². The predicted molar refractivity (Wildman–Crippen MR) is 86.5 cm³/mol. The Morgan fingerprint density at radius 1 is 0.818 bits per heavy atom. The van der Waals surface area contributed by atoms with E-state index in [4.69, 9.17) is 5.11 Å². The van der Waals surface area contributed by atoms with Crippen molar-refractivity contribution in [3.05, 3.63) is 0 Å². The first-order valence-electron chi connectivity index (χ1n) is 8.66. The summed E-state index contributed by atoms with van der Waals surface area (Å²) in [6.07, 6.45) is 9.97. The lowest BCUT2D eigenvalue weighted by atomic mass is 10.0. The average molecular weight is 318 g/mol. The Labute approximate surface area is 134 Å². The molecular weight excluding hydrogens is 284 g/mol. The number of hydrogen-bond donors (Lipinski definition) is 3. The normalized spacial score (nSPS) is 13.8. The molecule has 0 aliphatic rings. The Balaban J connectivity index is 3.31. The van der Waals surface area contributed by atoms with Gasteiger partial charge >= 0.3 is 5.97 Å². The SMILES string of the molecule is COC(=O)C(O)CCCCCCC(O)CCCCCCCO. The molecule has 0 aromatic carbocycles. The summed E-state index contributed by atoms with van der Waals surface area (Å²) in [5, 5.41) is 27.9. The number of hydrogen-bond acceptors (Lipinski definition) is 5. The lowest BCUT2D eigenvalue weighted by molar-refractivity contribution is -0.150. The molecule has 132 valence electrons. The zero-order valence-electron chi connectivity index (χ0n) is 14.0. The Morgan fingerprint density at radius 2 is 1.27 bits per heavy atom. The minimum atomic E-state index is -0.999. The molecule has 5 nitrogen and oxygen atoms in total. The average Bonchev–Trinajstić information content (AvgIpc) is 2.52. The van der Waals surface area contributed by atoms with E-state index in [0.717, 1.165) is 70.6 Å². The van der Waals surface area contributed by atoms with Crippen LogP contribution in [0.15, 0.2) is 0 Å². The number of carbonyl (C=O) groups is 1. The minimum absolute atomic E-state index is 0.210. The first-order chi connectivity index (χ1) is 10.6. The van der Waals surface area contributed by atoms with Crippen LogP contribution in [0.4, 0.5) is 0 Å². The van der Waals surface area contributed by atoms with Crippen molar-refractivity contribution in [3.63, 3.8) is 0 Å². The van der Waals surface area contributed by atoms with E-state index in [1.54, 1.807) is 0 Å². The first kappa shape index (κ1) is 21.4. The first-order valence-corrected chi connectivity index (χ1v) is 8.66. The number of methoxy groups -OCH3 is 1. The van der Waals surface area contributed by atoms with Crippen molar-refractivity contribution in [3.8, 4) is 0 Å². The smallest absolute Gasteiger partial charge is 0.334 e. The molecule has 0 fully saturated rings. The zero-order chi connectivity index (χ0) is 16.6. The van der Waals surface area contributed by atoms with E-state index in [1.807, 2.05) is 0 Å². The van der Waals surface area contributed by atoms with Crippen molar-refractivity contribution in [2.75, 3.05) is 13.7 Å². The summed E-state index contributed by atoms with van der Waals surface area (Å²) in [6, 6.07) is 0. The van der Waals surface area contributed by atoms with Gasteiger partial charge in [0.1, 0.15) is 0 Å². The molecule has 2 unspecified atom stereocenters. The van der Waals surface area contributed by atoms with E-state index >= 15 is 0 Å². The molecule has 22 heavy (non-hydrogen) atoms. The van der Waals surface area contributed by atoms with Gasteiger partial charge in [-0.1, -0.05) is 51.4 Å². The van der Waals surface area contributed by atoms with Gasteiger partial charge < -0.3 is 20.1 Å². The molecule has 0 radical (unpaired) electrons. The second kappa shape index (κ2) is 15.3. The maximum Gasteiger partial charge on any atom is 0.334 e. The van der Waals surface area contributed by atoms with Gasteiger partial charge in [0, 0.05) is 6.61 Å². The maximum atomic E-state index is 11.0. The summed E-state index contributed by atoms with van der Waals surface area (Å²) < 4.78 is 4.46. The molecule has 5 heteroatoms. The molecule has 0 bridgehead atoms. The van der Waals surface area contributed by atoms with Crippen molar-refractivity contribution < 1.29 is 24.9 Å². The highest BCUT2D eigenvalue weighted by Crippen LogP contribution is 2.13. The highest BCUT2D eigenvalue weighted by molar-refractivity contribution is 5.74. The van der Waals surface area contributed by atoms with Gasteiger partial charge in [-0.25, -0.2) is 4.79 Å². The van der Waals surface area contributed by atoms with Gasteiger partial charge in [0.15, 0.2) is 6.10 Å². The third-order valence-corrected chi connectivity index (χ3v) is 3.93. The number of aliphatic hydroxyl groups excluding tert-OH is 3. The Kier molecular flexibility index (Phi) is 14.8. The Morgan fingerprint density at radius 3 is 1.77 bits per heavy atom. The van der Waals surface area contributed by atoms with Crippen molar-refractivity contribution >= 4 is 5.97 Å². The largest absolute Gasteiger partial charge is 0.467 e. The molecule has 0 aromatic heterocycles. The van der Waals surface area contributed by atoms with E-state index in [1.165, 1.54) is 7.11 Å². The summed E-state index contributed by atoms with van der Waals surface area (Å²) in [5.74, 6) is -0.561. The summed E-state index contributed by atoms with van der Waals surface area (Å²) >= 11 is 0. The van der Waals surface area contributed by atoms with E-state index in [9.17, 15) is 15.0 Å². The van der Waals surface area contributed by atoms with Gasteiger partial charge in [-0.15, -0.1) is 0 Å². The zero-order valence-corrected chi connectivity index (χ0v) is 14.0. The van der Waals surface area contributed by atoms with E-state index in [2.05, 4.69) is 4.74 Å². The molecule has 0 amide bonds. The maximum absolute atomic E-state index is 11.0. The molecule has 3 N–H and O–H groups in total. The van der Waals surface area contributed by atoms with Gasteiger partial charge in [-0.2, -0.15) is 0 Å². The fraction of sp³-hybridized carbons (Fsp3) is 0.941. The minimum Gasteiger partial charge on any atom is -0.467 e. The van der Waals surface area contributed by atoms with Gasteiger partial charge in [0.25, 0.3) is 0 Å². The Bertz CT molecular complexity index is 257. The molecule has 0 saturated carbocycles. The summed E-state index contributed by atoms with van der Waals surface area (Å²) in [7, 11) is 1.28. The van der Waals surface area contributed by atoms with Crippen LogP contribution in [0.2, 0.25) is 0 Å². The summed E-state index contributed by atoms with van der Waals surface area (Å²) in [6.45, 7) is 0.277. The van der Waals surface area contributed by atoms with Crippen LogP contribution in [0, 0.1) is 0 Å². The van der Waals surface area contributed by atoms with Crippen LogP contribution in [0.1, 0.15) is 77.0 Å². The molecule has 0 saturated heterocycles. The second-order valence-electron chi connectivity index (χ2n) is 5.96. The fourth-order valence-corrected chi connectivity index (χ4v) is 2.49. The van der Waals surface area contributed by atoms with Gasteiger partial charge in [0.2, 0.25) is 0 Å². The van der Waals surface area contributed by atoms with Gasteiger partial charge in [0.05, 0.1) is 13.2 Å². The number of aliphatic hydroxyl groups is 3. The highest BCUT2D eigenvalue weighted by atomic mass is 16.5. The van der Waals surface area contributed by atoms with Crippen LogP contribution in [0.3, 0.4) is 0 Å². The van der Waals surface area contributed by atoms with Crippen molar-refractivity contribution in [2.24, 2.45) is 0 Å². The number of rotatable bonds is 15. The molecule has 0 rings (SSSR count). The standard InChI is InChI=1S/C17H34O5/c1-22-17(21)16(20)13-9-5-4-8-12-15(19)11-7-3-2-6-10-14-18/h15-16,18-20H,2-14H2,1H3. The summed E-state index contributed by atoms with van der Waals surface area (Å²) in [4.78, 5) is 11.0. The lowest BCUT2D eigenvalue weighted by Crippen LogP contribution is -2.21. The van der Waals surface area contributed by atoms with Gasteiger partial charge in [-0.05, 0) is 25.7 Å². The lowest BCUT2D eigenvalue weighted by Gasteiger charge is -2.11. The van der Waals surface area contributed by atoms with Crippen molar-refractivity contribution in [1.29, 1.82) is 0 Å². The topological polar surface area (TPSA) is 87.0 Å². The number of unbranched alkanes of at least 4 members (excludes halogenated alkanes) is 7. The van der Waals surface area contributed by atoms with Crippen LogP contribution in [-0.2, 0) is 9.53 Å². The number of carbonyl (C=O) groups excluding carboxylic acids is 1. The van der Waals surface area contributed by atoms with Crippen LogP contribution < -0.4 is 0 Å². The third kappa shape index (κ3) is 13.0. The quantitative estimate of drug-likeness (QED) is 0.319. The monoisotopic (exact) mass is 318 g/mol. The third-order valence-electron chi connectivity index (χ3n) is 3.93. The van der Waals surface area contributed by atoms with E-state index < -0.39 is 12.1 Å².